The fourth-order valence-electron chi connectivity index (χ4n) is 7.10. The molecule has 0 bridgehead atoms. The average molecular weight is 737 g/mol. The van der Waals surface area contributed by atoms with Gasteiger partial charge < -0.3 is 14.2 Å². The minimum Gasteiger partial charge on any atom is -0.462 e. The first kappa shape index (κ1) is 50.9. The van der Waals surface area contributed by atoms with Crippen LogP contribution in [0.1, 0.15) is 265 Å². The van der Waals surface area contributed by atoms with Crippen molar-refractivity contribution in [1.29, 1.82) is 0 Å². The zero-order valence-electron chi connectivity index (χ0n) is 35.6. The van der Waals surface area contributed by atoms with Gasteiger partial charge in [0.2, 0.25) is 0 Å². The van der Waals surface area contributed by atoms with Crippen LogP contribution in [0.15, 0.2) is 0 Å². The summed E-state index contributed by atoms with van der Waals surface area (Å²) in [5.41, 5.74) is 0. The summed E-state index contributed by atoms with van der Waals surface area (Å²) < 4.78 is 17.3. The minimum absolute atomic E-state index is 0.0962. The number of esters is 2. The number of carbonyl (C=O) groups excluding carboxylic acids is 2. The lowest BCUT2D eigenvalue weighted by Crippen LogP contribution is -2.30. The molecule has 5 heteroatoms. The van der Waals surface area contributed by atoms with Crippen molar-refractivity contribution in [3.63, 3.8) is 0 Å². The molecule has 0 aliphatic carbocycles. The largest absolute Gasteiger partial charge is 0.462 e. The zero-order valence-corrected chi connectivity index (χ0v) is 35.6. The number of ether oxygens (including phenoxy) is 3. The molecule has 0 rings (SSSR count). The van der Waals surface area contributed by atoms with Crippen LogP contribution >= 0.6 is 0 Å². The molecular formula is C47H92O5. The van der Waals surface area contributed by atoms with E-state index >= 15 is 0 Å². The molecule has 0 saturated heterocycles. The Morgan fingerprint density at radius 1 is 0.346 bits per heavy atom. The fourth-order valence-corrected chi connectivity index (χ4v) is 7.10. The van der Waals surface area contributed by atoms with Crippen LogP contribution in [-0.4, -0.2) is 37.9 Å². The summed E-state index contributed by atoms with van der Waals surface area (Å²) in [6, 6.07) is 0. The van der Waals surface area contributed by atoms with Crippen molar-refractivity contribution in [3.05, 3.63) is 0 Å². The van der Waals surface area contributed by atoms with Crippen LogP contribution in [-0.2, 0) is 23.8 Å². The maximum Gasteiger partial charge on any atom is 0.306 e. The molecule has 0 heterocycles. The van der Waals surface area contributed by atoms with Crippen LogP contribution in [0.2, 0.25) is 0 Å². The highest BCUT2D eigenvalue weighted by Crippen LogP contribution is 2.16. The van der Waals surface area contributed by atoms with Gasteiger partial charge in [0.1, 0.15) is 6.61 Å². The predicted molar refractivity (Wildman–Crippen MR) is 224 cm³/mol. The SMILES string of the molecule is CCCCCCCCCCCCCCCCCCOCC(COC(=O)CCCCCCCCCCCCCCC)OC(=O)CCCCCCCCC. The van der Waals surface area contributed by atoms with Crippen LogP contribution in [0.3, 0.4) is 0 Å². The molecule has 0 aliphatic rings. The molecule has 0 N–H and O–H groups in total. The summed E-state index contributed by atoms with van der Waals surface area (Å²) in [6.07, 6.45) is 46.8. The summed E-state index contributed by atoms with van der Waals surface area (Å²) in [7, 11) is 0. The Labute approximate surface area is 325 Å². The summed E-state index contributed by atoms with van der Waals surface area (Å²) in [5.74, 6) is -0.383. The highest BCUT2D eigenvalue weighted by atomic mass is 16.6. The Morgan fingerprint density at radius 3 is 0.981 bits per heavy atom. The third-order valence-electron chi connectivity index (χ3n) is 10.6. The maximum atomic E-state index is 12.6. The van der Waals surface area contributed by atoms with Crippen molar-refractivity contribution in [2.45, 2.75) is 271 Å². The summed E-state index contributed by atoms with van der Waals surface area (Å²) in [5, 5.41) is 0. The summed E-state index contributed by atoms with van der Waals surface area (Å²) in [4.78, 5) is 25.1. The van der Waals surface area contributed by atoms with E-state index in [0.29, 0.717) is 26.1 Å². The normalized spacial score (nSPS) is 12.0. The van der Waals surface area contributed by atoms with Crippen molar-refractivity contribution < 1.29 is 23.8 Å². The lowest BCUT2D eigenvalue weighted by molar-refractivity contribution is -0.163. The predicted octanol–water partition coefficient (Wildman–Crippen LogP) is 15.3. The van der Waals surface area contributed by atoms with E-state index in [1.807, 2.05) is 0 Å². The van der Waals surface area contributed by atoms with E-state index in [2.05, 4.69) is 20.8 Å². The van der Waals surface area contributed by atoms with E-state index < -0.39 is 6.10 Å². The van der Waals surface area contributed by atoms with Gasteiger partial charge in [-0.05, 0) is 19.3 Å². The van der Waals surface area contributed by atoms with Gasteiger partial charge in [0, 0.05) is 19.4 Å². The number of hydrogen-bond donors (Lipinski definition) is 0. The third kappa shape index (κ3) is 41.7. The Kier molecular flexibility index (Phi) is 43.4. The molecule has 0 aromatic rings. The molecule has 52 heavy (non-hydrogen) atoms. The van der Waals surface area contributed by atoms with E-state index in [0.717, 1.165) is 32.1 Å². The Bertz CT molecular complexity index is 710. The number of hydrogen-bond acceptors (Lipinski definition) is 5. The second-order valence-corrected chi connectivity index (χ2v) is 16.0. The Balaban J connectivity index is 4.07. The molecule has 1 unspecified atom stereocenters. The van der Waals surface area contributed by atoms with Gasteiger partial charge in [0.25, 0.3) is 0 Å². The molecule has 0 spiro atoms. The van der Waals surface area contributed by atoms with Gasteiger partial charge >= 0.3 is 11.9 Å². The van der Waals surface area contributed by atoms with Gasteiger partial charge in [-0.15, -0.1) is 0 Å². The van der Waals surface area contributed by atoms with Gasteiger partial charge in [-0.25, -0.2) is 0 Å². The summed E-state index contributed by atoms with van der Waals surface area (Å²) >= 11 is 0. The van der Waals surface area contributed by atoms with E-state index in [-0.39, 0.29) is 18.5 Å². The first-order valence-corrected chi connectivity index (χ1v) is 23.6. The van der Waals surface area contributed by atoms with Gasteiger partial charge in [-0.1, -0.05) is 233 Å². The van der Waals surface area contributed by atoms with Gasteiger partial charge in [-0.2, -0.15) is 0 Å². The molecule has 0 aliphatic heterocycles. The van der Waals surface area contributed by atoms with Crippen LogP contribution in [0.5, 0.6) is 0 Å². The molecule has 0 fully saturated rings. The highest BCUT2D eigenvalue weighted by Gasteiger charge is 2.17. The van der Waals surface area contributed by atoms with E-state index in [1.54, 1.807) is 0 Å². The van der Waals surface area contributed by atoms with Crippen molar-refractivity contribution >= 4 is 11.9 Å². The van der Waals surface area contributed by atoms with Gasteiger partial charge in [0.15, 0.2) is 6.10 Å². The van der Waals surface area contributed by atoms with Crippen molar-refractivity contribution in [2.75, 3.05) is 19.8 Å². The Hall–Kier alpha value is -1.10. The number of rotatable bonds is 44. The fraction of sp³-hybridized carbons (Fsp3) is 0.957. The molecule has 0 aromatic heterocycles. The van der Waals surface area contributed by atoms with Crippen LogP contribution in [0, 0.1) is 0 Å². The van der Waals surface area contributed by atoms with E-state index in [4.69, 9.17) is 14.2 Å². The number of carbonyl (C=O) groups is 2. The summed E-state index contributed by atoms with van der Waals surface area (Å²) in [6.45, 7) is 7.85. The smallest absolute Gasteiger partial charge is 0.306 e. The van der Waals surface area contributed by atoms with Crippen molar-refractivity contribution in [2.24, 2.45) is 0 Å². The number of unbranched alkanes of at least 4 members (excludes halogenated alkanes) is 33. The molecule has 0 amide bonds. The molecule has 310 valence electrons. The van der Waals surface area contributed by atoms with Gasteiger partial charge in [-0.3, -0.25) is 9.59 Å². The highest BCUT2D eigenvalue weighted by molar-refractivity contribution is 5.70. The van der Waals surface area contributed by atoms with Crippen molar-refractivity contribution in [1.82, 2.24) is 0 Å². The molecule has 0 radical (unpaired) electrons. The third-order valence-corrected chi connectivity index (χ3v) is 10.6. The molecule has 0 aromatic carbocycles. The quantitative estimate of drug-likeness (QED) is 0.0460. The standard InChI is InChI=1S/C47H92O5/c1-4-7-10-13-16-18-20-22-23-24-26-28-30-33-36-39-42-50-43-45(52-47(49)41-38-35-31-15-12-9-6-3)44-51-46(48)40-37-34-32-29-27-25-21-19-17-14-11-8-5-2/h45H,4-44H2,1-3H3. The molecular weight excluding hydrogens is 645 g/mol. The first-order chi connectivity index (χ1) is 25.6. The van der Waals surface area contributed by atoms with Crippen molar-refractivity contribution in [3.8, 4) is 0 Å². The lowest BCUT2D eigenvalue weighted by atomic mass is 10.0. The van der Waals surface area contributed by atoms with E-state index in [9.17, 15) is 9.59 Å². The second kappa shape index (κ2) is 44.3. The lowest BCUT2D eigenvalue weighted by Gasteiger charge is -2.18. The molecule has 1 atom stereocenters. The topological polar surface area (TPSA) is 61.8 Å². The minimum atomic E-state index is -0.520. The van der Waals surface area contributed by atoms with Gasteiger partial charge in [0.05, 0.1) is 6.61 Å². The first-order valence-electron chi connectivity index (χ1n) is 23.6. The second-order valence-electron chi connectivity index (χ2n) is 16.0. The molecule has 5 nitrogen and oxygen atoms in total. The van der Waals surface area contributed by atoms with E-state index in [1.165, 1.54) is 199 Å². The Morgan fingerprint density at radius 2 is 0.635 bits per heavy atom. The van der Waals surface area contributed by atoms with Crippen LogP contribution in [0.25, 0.3) is 0 Å². The maximum absolute atomic E-state index is 12.6. The van der Waals surface area contributed by atoms with Crippen LogP contribution < -0.4 is 0 Å². The monoisotopic (exact) mass is 737 g/mol. The van der Waals surface area contributed by atoms with Crippen LogP contribution in [0.4, 0.5) is 0 Å². The average Bonchev–Trinajstić information content (AvgIpc) is 3.14. The molecule has 0 saturated carbocycles. The zero-order chi connectivity index (χ0) is 37.8.